The first-order valence-electron chi connectivity index (χ1n) is 13.5. The summed E-state index contributed by atoms with van der Waals surface area (Å²) < 4.78 is 19.1. The maximum atomic E-state index is 5.91. The van der Waals surface area contributed by atoms with Gasteiger partial charge in [0.05, 0.1) is 19.0 Å². The van der Waals surface area contributed by atoms with E-state index in [1.165, 1.54) is 5.56 Å². The average molecular weight is 550 g/mol. The van der Waals surface area contributed by atoms with Crippen LogP contribution in [0, 0.1) is 0 Å². The Hall–Kier alpha value is -4.98. The molecule has 0 atom stereocenters. The summed E-state index contributed by atoms with van der Waals surface area (Å²) in [7, 11) is 5.70. The summed E-state index contributed by atoms with van der Waals surface area (Å²) in [6, 6.07) is 30.4. The summed E-state index contributed by atoms with van der Waals surface area (Å²) in [5, 5.41) is 4.32. The molecule has 0 fully saturated rings. The number of benzene rings is 3. The molecule has 0 saturated carbocycles. The minimum atomic E-state index is 0.420. The molecular weight excluding hydrogens is 514 g/mol. The molecule has 0 amide bonds. The van der Waals surface area contributed by atoms with Gasteiger partial charge in [-0.05, 0) is 65.7 Å². The molecule has 2 aromatic heterocycles. The molecule has 0 bridgehead atoms. The van der Waals surface area contributed by atoms with Crippen LogP contribution in [0.1, 0.15) is 11.1 Å². The van der Waals surface area contributed by atoms with E-state index >= 15 is 0 Å². The Kier molecular flexibility index (Phi) is 9.01. The number of aromatic nitrogens is 3. The van der Waals surface area contributed by atoms with Gasteiger partial charge in [-0.15, -0.1) is 0 Å². The third-order valence-electron chi connectivity index (χ3n) is 6.59. The number of ether oxygens (including phenoxy) is 3. The van der Waals surface area contributed by atoms with Gasteiger partial charge in [-0.3, -0.25) is 0 Å². The molecule has 41 heavy (non-hydrogen) atoms. The first-order valence-corrected chi connectivity index (χ1v) is 13.5. The highest BCUT2D eigenvalue weighted by Gasteiger charge is 2.12. The zero-order valence-corrected chi connectivity index (χ0v) is 23.7. The lowest BCUT2D eigenvalue weighted by atomic mass is 10.1. The van der Waals surface area contributed by atoms with Crippen LogP contribution in [0.5, 0.6) is 17.2 Å². The Morgan fingerprint density at radius 3 is 2.20 bits per heavy atom. The molecule has 210 valence electrons. The summed E-state index contributed by atoms with van der Waals surface area (Å²) in [5.74, 6) is 3.20. The molecule has 0 spiro atoms. The number of methoxy groups -OCH3 is 1. The molecule has 5 rings (SSSR count). The number of pyridine rings is 1. The van der Waals surface area contributed by atoms with Crippen molar-refractivity contribution in [2.24, 2.45) is 0 Å². The second-order valence-corrected chi connectivity index (χ2v) is 9.77. The molecule has 0 aliphatic heterocycles. The quantitative estimate of drug-likeness (QED) is 0.167. The van der Waals surface area contributed by atoms with Crippen molar-refractivity contribution < 1.29 is 14.2 Å². The van der Waals surface area contributed by atoms with Gasteiger partial charge in [-0.2, -0.15) is 5.10 Å². The van der Waals surface area contributed by atoms with E-state index in [2.05, 4.69) is 46.4 Å². The SMILES string of the molecule is COc1cccc(CN(Cc2ccc(-n3cccn3)cc2)c2ccc(OCCOc3cccc(N(C)C)c3)cn2)c1. The van der Waals surface area contributed by atoms with Crippen LogP contribution in [0.15, 0.2) is 110 Å². The average Bonchev–Trinajstić information content (AvgIpc) is 3.55. The lowest BCUT2D eigenvalue weighted by Gasteiger charge is -2.24. The minimum Gasteiger partial charge on any atom is -0.497 e. The van der Waals surface area contributed by atoms with Gasteiger partial charge >= 0.3 is 0 Å². The molecule has 0 aliphatic carbocycles. The molecule has 8 nitrogen and oxygen atoms in total. The van der Waals surface area contributed by atoms with E-state index in [0.717, 1.165) is 34.3 Å². The Morgan fingerprint density at radius 2 is 1.49 bits per heavy atom. The molecule has 8 heteroatoms. The normalized spacial score (nSPS) is 10.7. The maximum Gasteiger partial charge on any atom is 0.137 e. The summed E-state index contributed by atoms with van der Waals surface area (Å²) >= 11 is 0. The largest absolute Gasteiger partial charge is 0.497 e. The number of anilines is 2. The van der Waals surface area contributed by atoms with Gasteiger partial charge in [0.1, 0.15) is 36.3 Å². The van der Waals surface area contributed by atoms with Crippen molar-refractivity contribution in [1.82, 2.24) is 14.8 Å². The van der Waals surface area contributed by atoms with Gasteiger partial charge < -0.3 is 24.0 Å². The van der Waals surface area contributed by atoms with Crippen LogP contribution < -0.4 is 24.0 Å². The minimum absolute atomic E-state index is 0.420. The Morgan fingerprint density at radius 1 is 0.732 bits per heavy atom. The van der Waals surface area contributed by atoms with Crippen LogP contribution in [0.25, 0.3) is 5.69 Å². The summed E-state index contributed by atoms with van der Waals surface area (Å²) in [6.45, 7) is 2.22. The Bertz CT molecular complexity index is 1500. The fourth-order valence-electron chi connectivity index (χ4n) is 4.42. The predicted octanol–water partition coefficient (Wildman–Crippen LogP) is 6.01. The first-order chi connectivity index (χ1) is 20.1. The highest BCUT2D eigenvalue weighted by molar-refractivity contribution is 5.49. The van der Waals surface area contributed by atoms with Gasteiger partial charge in [0, 0.05) is 51.3 Å². The van der Waals surface area contributed by atoms with Gasteiger partial charge in [0.15, 0.2) is 0 Å². The zero-order chi connectivity index (χ0) is 28.4. The topological polar surface area (TPSA) is 64.9 Å². The predicted molar refractivity (Wildman–Crippen MR) is 162 cm³/mol. The lowest BCUT2D eigenvalue weighted by Crippen LogP contribution is -2.23. The second kappa shape index (κ2) is 13.4. The zero-order valence-electron chi connectivity index (χ0n) is 23.7. The smallest absolute Gasteiger partial charge is 0.137 e. The fourth-order valence-corrected chi connectivity index (χ4v) is 4.42. The lowest BCUT2D eigenvalue weighted by molar-refractivity contribution is 0.216. The van der Waals surface area contributed by atoms with Crippen molar-refractivity contribution in [2.75, 3.05) is 44.2 Å². The van der Waals surface area contributed by atoms with E-state index in [1.54, 1.807) is 19.5 Å². The molecule has 0 aliphatic rings. The van der Waals surface area contributed by atoms with Crippen LogP contribution in [-0.2, 0) is 13.1 Å². The van der Waals surface area contributed by atoms with Crippen molar-refractivity contribution >= 4 is 11.5 Å². The van der Waals surface area contributed by atoms with E-state index in [1.807, 2.05) is 84.5 Å². The number of hydrogen-bond donors (Lipinski definition) is 0. The first kappa shape index (κ1) is 27.6. The highest BCUT2D eigenvalue weighted by Crippen LogP contribution is 2.23. The molecule has 0 unspecified atom stereocenters. The van der Waals surface area contributed by atoms with E-state index in [0.29, 0.717) is 32.1 Å². The number of hydrogen-bond acceptors (Lipinski definition) is 7. The molecular formula is C33H35N5O3. The molecule has 0 radical (unpaired) electrons. The van der Waals surface area contributed by atoms with Gasteiger partial charge in [-0.1, -0.05) is 30.3 Å². The molecule has 0 saturated heterocycles. The standard InChI is InChI=1S/C33H35N5O3/c1-36(2)29-8-5-10-31(22-29)40-19-20-41-32-15-16-33(34-23-32)37(25-27-7-4-9-30(21-27)39-3)24-26-11-13-28(14-12-26)38-18-6-17-35-38/h4-18,21-23H,19-20,24-25H2,1-3H3. The van der Waals surface area contributed by atoms with Crippen molar-refractivity contribution in [2.45, 2.75) is 13.1 Å². The van der Waals surface area contributed by atoms with Gasteiger partial charge in [0.2, 0.25) is 0 Å². The second-order valence-electron chi connectivity index (χ2n) is 9.77. The van der Waals surface area contributed by atoms with Crippen LogP contribution in [0.4, 0.5) is 11.5 Å². The number of rotatable bonds is 13. The van der Waals surface area contributed by atoms with Crippen molar-refractivity contribution in [3.8, 4) is 22.9 Å². The van der Waals surface area contributed by atoms with Crippen LogP contribution in [-0.4, -0.2) is 49.2 Å². The van der Waals surface area contributed by atoms with Crippen LogP contribution >= 0.6 is 0 Å². The van der Waals surface area contributed by atoms with E-state index in [-0.39, 0.29) is 0 Å². The highest BCUT2D eigenvalue weighted by atomic mass is 16.5. The van der Waals surface area contributed by atoms with Crippen molar-refractivity contribution in [3.05, 3.63) is 121 Å². The third-order valence-corrected chi connectivity index (χ3v) is 6.59. The summed E-state index contributed by atoms with van der Waals surface area (Å²) in [6.07, 6.45) is 5.48. The van der Waals surface area contributed by atoms with Crippen molar-refractivity contribution in [1.29, 1.82) is 0 Å². The third kappa shape index (κ3) is 7.57. The van der Waals surface area contributed by atoms with Crippen LogP contribution in [0.2, 0.25) is 0 Å². The van der Waals surface area contributed by atoms with E-state index in [4.69, 9.17) is 19.2 Å². The van der Waals surface area contributed by atoms with Crippen LogP contribution in [0.3, 0.4) is 0 Å². The monoisotopic (exact) mass is 549 g/mol. The summed E-state index contributed by atoms with van der Waals surface area (Å²) in [4.78, 5) is 9.03. The Balaban J connectivity index is 1.24. The molecule has 5 aromatic rings. The molecule has 3 aromatic carbocycles. The van der Waals surface area contributed by atoms with E-state index in [9.17, 15) is 0 Å². The fraction of sp³-hybridized carbons (Fsp3) is 0.212. The number of nitrogens with zero attached hydrogens (tertiary/aromatic N) is 5. The molecule has 2 heterocycles. The van der Waals surface area contributed by atoms with Gasteiger partial charge in [-0.25, -0.2) is 9.67 Å². The van der Waals surface area contributed by atoms with Gasteiger partial charge in [0.25, 0.3) is 0 Å². The Labute approximate surface area is 241 Å². The molecule has 0 N–H and O–H groups in total. The summed E-state index contributed by atoms with van der Waals surface area (Å²) in [5.41, 5.74) is 4.42. The maximum absolute atomic E-state index is 5.91. The van der Waals surface area contributed by atoms with Crippen molar-refractivity contribution in [3.63, 3.8) is 0 Å². The van der Waals surface area contributed by atoms with E-state index < -0.39 is 0 Å².